The molecule has 0 aliphatic carbocycles. The summed E-state index contributed by atoms with van der Waals surface area (Å²) in [5, 5.41) is 3.38. The molecule has 0 aliphatic rings. The van der Waals surface area contributed by atoms with Crippen LogP contribution in [0.4, 0.5) is 4.39 Å². The average molecular weight is 363 g/mol. The van der Waals surface area contributed by atoms with Crippen LogP contribution in [-0.2, 0) is 22.6 Å². The van der Waals surface area contributed by atoms with Crippen molar-refractivity contribution < 1.29 is 14.0 Å². The second-order valence-electron chi connectivity index (χ2n) is 5.72. The van der Waals surface area contributed by atoms with Crippen LogP contribution in [0.15, 0.2) is 48.5 Å². The Kier molecular flexibility index (Phi) is 6.95. The van der Waals surface area contributed by atoms with Crippen LogP contribution in [0.25, 0.3) is 0 Å². The summed E-state index contributed by atoms with van der Waals surface area (Å²) in [5.74, 6) is -0.747. The second kappa shape index (κ2) is 9.18. The fraction of sp³-hybridized carbons (Fsp3) is 0.263. The van der Waals surface area contributed by atoms with Crippen molar-refractivity contribution in [2.24, 2.45) is 0 Å². The minimum atomic E-state index is -0.321. The summed E-state index contributed by atoms with van der Waals surface area (Å²) < 4.78 is 12.9. The first-order valence-electron chi connectivity index (χ1n) is 7.95. The highest BCUT2D eigenvalue weighted by atomic mass is 35.5. The summed E-state index contributed by atoms with van der Waals surface area (Å²) in [5.41, 5.74) is 1.80. The van der Waals surface area contributed by atoms with E-state index in [1.807, 2.05) is 18.2 Å². The fourth-order valence-corrected chi connectivity index (χ4v) is 2.55. The Balaban J connectivity index is 1.84. The number of benzene rings is 2. The molecule has 0 fully saturated rings. The van der Waals surface area contributed by atoms with Crippen molar-refractivity contribution in [3.63, 3.8) is 0 Å². The molecule has 6 heteroatoms. The molecule has 0 unspecified atom stereocenters. The number of rotatable bonds is 7. The Bertz CT molecular complexity index is 734. The average Bonchev–Trinajstić information content (AvgIpc) is 2.58. The molecule has 0 atom stereocenters. The summed E-state index contributed by atoms with van der Waals surface area (Å²) in [4.78, 5) is 25.3. The van der Waals surface area contributed by atoms with Crippen molar-refractivity contribution in [3.05, 3.63) is 70.5 Å². The van der Waals surface area contributed by atoms with Crippen molar-refractivity contribution in [1.29, 1.82) is 0 Å². The van der Waals surface area contributed by atoms with Gasteiger partial charge < -0.3 is 10.2 Å². The Hall–Kier alpha value is -2.40. The summed E-state index contributed by atoms with van der Waals surface area (Å²) in [6.45, 7) is 2.14. The molecule has 0 heterocycles. The Labute approximate surface area is 151 Å². The summed E-state index contributed by atoms with van der Waals surface area (Å²) >= 11 is 5.95. The molecule has 4 nitrogen and oxygen atoms in total. The van der Waals surface area contributed by atoms with Gasteiger partial charge in [0.1, 0.15) is 5.82 Å². The van der Waals surface area contributed by atoms with Crippen molar-refractivity contribution in [1.82, 2.24) is 10.2 Å². The summed E-state index contributed by atoms with van der Waals surface area (Å²) in [7, 11) is 0. The number of hydrogen-bond acceptors (Lipinski definition) is 2. The van der Waals surface area contributed by atoms with E-state index >= 15 is 0 Å². The summed E-state index contributed by atoms with van der Waals surface area (Å²) in [6, 6.07) is 13.3. The molecule has 0 aromatic heterocycles. The molecule has 2 aromatic rings. The largest absolute Gasteiger partial charge is 0.350 e. The van der Waals surface area contributed by atoms with Crippen LogP contribution in [0.1, 0.15) is 18.1 Å². The monoisotopic (exact) mass is 362 g/mol. The van der Waals surface area contributed by atoms with Crippen molar-refractivity contribution in [3.8, 4) is 0 Å². The first-order valence-corrected chi connectivity index (χ1v) is 8.33. The predicted molar refractivity (Wildman–Crippen MR) is 95.7 cm³/mol. The van der Waals surface area contributed by atoms with Gasteiger partial charge in [0.05, 0.1) is 6.54 Å². The third-order valence-electron chi connectivity index (χ3n) is 3.74. The zero-order valence-electron chi connectivity index (χ0n) is 14.0. The zero-order valence-corrected chi connectivity index (χ0v) is 14.7. The van der Waals surface area contributed by atoms with Crippen LogP contribution in [0.3, 0.4) is 0 Å². The smallest absolute Gasteiger partial charge is 0.239 e. The molecular weight excluding hydrogens is 343 g/mol. The maximum atomic E-state index is 12.9. The fourth-order valence-electron chi connectivity index (χ4n) is 2.34. The topological polar surface area (TPSA) is 49.4 Å². The molecular formula is C19H20ClFN2O2. The third-order valence-corrected chi connectivity index (χ3v) is 3.98. The molecule has 2 amide bonds. The highest BCUT2D eigenvalue weighted by Gasteiger charge is 2.13. The van der Waals surface area contributed by atoms with E-state index in [0.29, 0.717) is 24.5 Å². The highest BCUT2D eigenvalue weighted by molar-refractivity contribution is 6.30. The first-order chi connectivity index (χ1) is 11.9. The molecule has 0 bridgehead atoms. The highest BCUT2D eigenvalue weighted by Crippen LogP contribution is 2.11. The SMILES string of the molecule is CC(=O)N(CCc1cccc(Cl)c1)CC(=O)NCc1ccc(F)cc1. The standard InChI is InChI=1S/C19H20ClFN2O2/c1-14(24)23(10-9-15-3-2-4-17(20)11-15)13-19(25)22-12-16-5-7-18(21)8-6-16/h2-8,11H,9-10,12-13H2,1H3,(H,22,25). The lowest BCUT2D eigenvalue weighted by Crippen LogP contribution is -2.40. The molecule has 2 rings (SSSR count). The first kappa shape index (κ1) is 18.9. The molecule has 25 heavy (non-hydrogen) atoms. The lowest BCUT2D eigenvalue weighted by molar-refractivity contribution is -0.134. The van der Waals surface area contributed by atoms with E-state index in [2.05, 4.69) is 5.32 Å². The molecule has 1 N–H and O–H groups in total. The van der Waals surface area contributed by atoms with Gasteiger partial charge in [-0.15, -0.1) is 0 Å². The van der Waals surface area contributed by atoms with Crippen LogP contribution in [-0.4, -0.2) is 29.8 Å². The van der Waals surface area contributed by atoms with Gasteiger partial charge in [0.2, 0.25) is 11.8 Å². The van der Waals surface area contributed by atoms with Gasteiger partial charge in [-0.1, -0.05) is 35.9 Å². The number of hydrogen-bond donors (Lipinski definition) is 1. The molecule has 132 valence electrons. The number of amides is 2. The maximum absolute atomic E-state index is 12.9. The summed E-state index contributed by atoms with van der Waals surface area (Å²) in [6.07, 6.45) is 0.616. The molecule has 0 aliphatic heterocycles. The van der Waals surface area contributed by atoms with Crippen LogP contribution in [0.2, 0.25) is 5.02 Å². The molecule has 0 saturated carbocycles. The van der Waals surface area contributed by atoms with Gasteiger partial charge >= 0.3 is 0 Å². The van der Waals surface area contributed by atoms with E-state index in [9.17, 15) is 14.0 Å². The van der Waals surface area contributed by atoms with Gasteiger partial charge in [0.25, 0.3) is 0 Å². The van der Waals surface area contributed by atoms with Crippen LogP contribution < -0.4 is 5.32 Å². The molecule has 0 saturated heterocycles. The lowest BCUT2D eigenvalue weighted by Gasteiger charge is -2.20. The van der Waals surface area contributed by atoms with E-state index in [0.717, 1.165) is 11.1 Å². The Morgan fingerprint density at radius 1 is 1.12 bits per heavy atom. The molecule has 2 aromatic carbocycles. The van der Waals surface area contributed by atoms with E-state index in [1.165, 1.54) is 24.0 Å². The number of halogens is 2. The predicted octanol–water partition coefficient (Wildman–Crippen LogP) is 3.19. The van der Waals surface area contributed by atoms with E-state index in [4.69, 9.17) is 11.6 Å². The minimum absolute atomic E-state index is 0.0168. The number of nitrogens with zero attached hydrogens (tertiary/aromatic N) is 1. The molecule has 0 radical (unpaired) electrons. The zero-order chi connectivity index (χ0) is 18.2. The molecule has 0 spiro atoms. The third kappa shape index (κ3) is 6.55. The second-order valence-corrected chi connectivity index (χ2v) is 6.16. The van der Waals surface area contributed by atoms with Crippen LogP contribution >= 0.6 is 11.6 Å². The Morgan fingerprint density at radius 3 is 2.48 bits per heavy atom. The van der Waals surface area contributed by atoms with Gasteiger partial charge in [0.15, 0.2) is 0 Å². The van der Waals surface area contributed by atoms with Gasteiger partial charge in [-0.25, -0.2) is 4.39 Å². The van der Waals surface area contributed by atoms with Gasteiger partial charge in [-0.05, 0) is 41.8 Å². The minimum Gasteiger partial charge on any atom is -0.350 e. The van der Waals surface area contributed by atoms with E-state index in [-0.39, 0.29) is 24.2 Å². The van der Waals surface area contributed by atoms with Gasteiger partial charge in [-0.2, -0.15) is 0 Å². The number of carbonyl (C=O) groups excluding carboxylic acids is 2. The maximum Gasteiger partial charge on any atom is 0.239 e. The normalized spacial score (nSPS) is 10.4. The Morgan fingerprint density at radius 2 is 1.84 bits per heavy atom. The van der Waals surface area contributed by atoms with Gasteiger partial charge in [-0.3, -0.25) is 9.59 Å². The van der Waals surface area contributed by atoms with Crippen LogP contribution in [0.5, 0.6) is 0 Å². The lowest BCUT2D eigenvalue weighted by atomic mass is 10.1. The van der Waals surface area contributed by atoms with Crippen molar-refractivity contribution in [2.45, 2.75) is 19.9 Å². The van der Waals surface area contributed by atoms with Crippen molar-refractivity contribution >= 4 is 23.4 Å². The quantitative estimate of drug-likeness (QED) is 0.822. The van der Waals surface area contributed by atoms with Crippen LogP contribution in [0, 0.1) is 5.82 Å². The van der Waals surface area contributed by atoms with Crippen molar-refractivity contribution in [2.75, 3.05) is 13.1 Å². The number of nitrogens with one attached hydrogen (secondary N) is 1. The van der Waals surface area contributed by atoms with E-state index in [1.54, 1.807) is 18.2 Å². The number of carbonyl (C=O) groups is 2. The van der Waals surface area contributed by atoms with Gasteiger partial charge in [0, 0.05) is 25.0 Å². The van der Waals surface area contributed by atoms with E-state index < -0.39 is 0 Å².